The van der Waals surface area contributed by atoms with Crippen molar-refractivity contribution in [3.05, 3.63) is 53.6 Å². The SMILES string of the molecule is COc1cc2ccc1NC(c1ccccc1N1CCCC1)C2. The summed E-state index contributed by atoms with van der Waals surface area (Å²) in [5, 5.41) is 3.68. The van der Waals surface area contributed by atoms with E-state index in [9.17, 15) is 0 Å². The zero-order valence-electron chi connectivity index (χ0n) is 13.0. The molecule has 1 fully saturated rings. The Labute approximate surface area is 131 Å². The predicted molar refractivity (Wildman–Crippen MR) is 91.0 cm³/mol. The maximum Gasteiger partial charge on any atom is 0.142 e. The van der Waals surface area contributed by atoms with Crippen molar-refractivity contribution in [2.45, 2.75) is 25.3 Å². The van der Waals surface area contributed by atoms with E-state index in [1.54, 1.807) is 7.11 Å². The lowest BCUT2D eigenvalue weighted by Crippen LogP contribution is -2.22. The summed E-state index contributed by atoms with van der Waals surface area (Å²) in [6.45, 7) is 2.35. The van der Waals surface area contributed by atoms with Crippen molar-refractivity contribution >= 4 is 11.4 Å². The molecule has 3 heteroatoms. The molecule has 114 valence electrons. The van der Waals surface area contributed by atoms with Gasteiger partial charge in [-0.15, -0.1) is 0 Å². The Hall–Kier alpha value is -2.16. The van der Waals surface area contributed by atoms with Crippen molar-refractivity contribution in [2.75, 3.05) is 30.4 Å². The van der Waals surface area contributed by atoms with Gasteiger partial charge < -0.3 is 15.0 Å². The molecule has 3 aliphatic rings. The van der Waals surface area contributed by atoms with E-state index in [0.29, 0.717) is 6.04 Å². The molecule has 1 atom stereocenters. The molecule has 2 aromatic rings. The minimum atomic E-state index is 0.306. The Morgan fingerprint density at radius 1 is 1.09 bits per heavy atom. The van der Waals surface area contributed by atoms with Crippen LogP contribution >= 0.6 is 0 Å². The molecule has 0 radical (unpaired) electrons. The number of nitrogens with zero attached hydrogens (tertiary/aromatic N) is 1. The second-order valence-electron chi connectivity index (χ2n) is 6.19. The number of hydrogen-bond donors (Lipinski definition) is 1. The van der Waals surface area contributed by atoms with Gasteiger partial charge in [0.25, 0.3) is 0 Å². The Morgan fingerprint density at radius 3 is 2.73 bits per heavy atom. The van der Waals surface area contributed by atoms with Gasteiger partial charge in [0.05, 0.1) is 18.8 Å². The standard InChI is InChI=1S/C19H22N2O/c1-22-19-13-14-8-9-16(19)20-17(12-14)15-6-2-3-7-18(15)21-10-4-5-11-21/h2-3,6-9,13,17,20H,4-5,10-12H2,1H3. The lowest BCUT2D eigenvalue weighted by Gasteiger charge is -2.26. The maximum atomic E-state index is 5.50. The third-order valence-electron chi connectivity index (χ3n) is 4.79. The minimum absolute atomic E-state index is 0.306. The number of anilines is 2. The van der Waals surface area contributed by atoms with Crippen LogP contribution in [0.4, 0.5) is 11.4 Å². The lowest BCUT2D eigenvalue weighted by molar-refractivity contribution is 0.416. The molecule has 22 heavy (non-hydrogen) atoms. The summed E-state index contributed by atoms with van der Waals surface area (Å²) in [6.07, 6.45) is 3.61. The molecule has 0 amide bonds. The van der Waals surface area contributed by atoms with Crippen LogP contribution in [-0.2, 0) is 6.42 Å². The molecule has 3 heterocycles. The maximum absolute atomic E-state index is 5.50. The van der Waals surface area contributed by atoms with E-state index in [0.717, 1.165) is 17.9 Å². The Balaban J connectivity index is 1.70. The van der Waals surface area contributed by atoms with Crippen LogP contribution in [0.2, 0.25) is 0 Å². The average molecular weight is 294 g/mol. The van der Waals surface area contributed by atoms with Gasteiger partial charge in [-0.05, 0) is 48.6 Å². The third-order valence-corrected chi connectivity index (χ3v) is 4.79. The highest BCUT2D eigenvalue weighted by molar-refractivity contribution is 5.64. The van der Waals surface area contributed by atoms with Crippen molar-refractivity contribution in [1.29, 1.82) is 0 Å². The van der Waals surface area contributed by atoms with Crippen LogP contribution in [-0.4, -0.2) is 20.2 Å². The normalized spacial score (nSPS) is 19.9. The number of ether oxygens (including phenoxy) is 1. The summed E-state index contributed by atoms with van der Waals surface area (Å²) in [5.74, 6) is 0.943. The summed E-state index contributed by atoms with van der Waals surface area (Å²) in [7, 11) is 1.74. The highest BCUT2D eigenvalue weighted by Crippen LogP contribution is 2.39. The average Bonchev–Trinajstić information content (AvgIpc) is 2.95. The molecular weight excluding hydrogens is 272 g/mol. The van der Waals surface area contributed by atoms with Gasteiger partial charge in [0.2, 0.25) is 0 Å². The van der Waals surface area contributed by atoms with Gasteiger partial charge in [0.1, 0.15) is 5.75 Å². The van der Waals surface area contributed by atoms with Gasteiger partial charge in [-0.1, -0.05) is 24.3 Å². The number of fused-ring (bicyclic) bond motifs is 4. The molecule has 0 saturated carbocycles. The molecule has 2 bridgehead atoms. The molecule has 2 aromatic carbocycles. The highest BCUT2D eigenvalue weighted by atomic mass is 16.5. The Morgan fingerprint density at radius 2 is 1.91 bits per heavy atom. The molecule has 1 N–H and O–H groups in total. The van der Waals surface area contributed by atoms with Crippen LogP contribution < -0.4 is 15.0 Å². The van der Waals surface area contributed by atoms with E-state index in [2.05, 4.69) is 52.7 Å². The second-order valence-corrected chi connectivity index (χ2v) is 6.19. The van der Waals surface area contributed by atoms with Gasteiger partial charge in [0, 0.05) is 18.8 Å². The number of hydrogen-bond acceptors (Lipinski definition) is 3. The van der Waals surface area contributed by atoms with Gasteiger partial charge >= 0.3 is 0 Å². The second kappa shape index (κ2) is 5.56. The molecule has 1 unspecified atom stereocenters. The molecule has 5 rings (SSSR count). The zero-order valence-corrected chi connectivity index (χ0v) is 13.0. The molecule has 1 saturated heterocycles. The van der Waals surface area contributed by atoms with Crippen molar-refractivity contribution in [3.8, 4) is 5.75 Å². The summed E-state index contributed by atoms with van der Waals surface area (Å²) in [4.78, 5) is 2.53. The first kappa shape index (κ1) is 13.5. The fraction of sp³-hybridized carbons (Fsp3) is 0.368. The summed E-state index contributed by atoms with van der Waals surface area (Å²) in [5.41, 5.74) is 5.20. The predicted octanol–water partition coefficient (Wildman–Crippen LogP) is 4.00. The van der Waals surface area contributed by atoms with E-state index in [1.165, 1.54) is 42.7 Å². The Bertz CT molecular complexity index is 677. The van der Waals surface area contributed by atoms with Crippen molar-refractivity contribution < 1.29 is 4.74 Å². The molecular formula is C19H22N2O. The molecule has 0 aromatic heterocycles. The number of nitrogens with one attached hydrogen (secondary N) is 1. The van der Waals surface area contributed by atoms with Crippen LogP contribution in [0.5, 0.6) is 5.75 Å². The number of methoxy groups -OCH3 is 1. The van der Waals surface area contributed by atoms with E-state index in [1.807, 2.05) is 0 Å². The van der Waals surface area contributed by atoms with Crippen LogP contribution in [0.15, 0.2) is 42.5 Å². The fourth-order valence-electron chi connectivity index (χ4n) is 3.67. The largest absolute Gasteiger partial charge is 0.495 e. The number of para-hydroxylation sites is 1. The summed E-state index contributed by atoms with van der Waals surface area (Å²) in [6, 6.07) is 15.6. The Kier molecular flexibility index (Phi) is 3.41. The summed E-state index contributed by atoms with van der Waals surface area (Å²) < 4.78 is 5.50. The van der Waals surface area contributed by atoms with Crippen LogP contribution in [0.25, 0.3) is 0 Å². The van der Waals surface area contributed by atoms with E-state index >= 15 is 0 Å². The zero-order chi connectivity index (χ0) is 14.9. The smallest absolute Gasteiger partial charge is 0.142 e. The molecule has 3 aliphatic heterocycles. The number of benzene rings is 2. The topological polar surface area (TPSA) is 24.5 Å². The van der Waals surface area contributed by atoms with E-state index in [4.69, 9.17) is 4.74 Å². The van der Waals surface area contributed by atoms with E-state index < -0.39 is 0 Å². The van der Waals surface area contributed by atoms with E-state index in [-0.39, 0.29) is 0 Å². The summed E-state index contributed by atoms with van der Waals surface area (Å²) >= 11 is 0. The fourth-order valence-corrected chi connectivity index (χ4v) is 3.67. The molecule has 0 spiro atoms. The van der Waals surface area contributed by atoms with Crippen molar-refractivity contribution in [2.24, 2.45) is 0 Å². The van der Waals surface area contributed by atoms with Gasteiger partial charge in [0.15, 0.2) is 0 Å². The molecule has 0 aliphatic carbocycles. The van der Waals surface area contributed by atoms with Crippen molar-refractivity contribution in [3.63, 3.8) is 0 Å². The van der Waals surface area contributed by atoms with Gasteiger partial charge in [-0.3, -0.25) is 0 Å². The monoisotopic (exact) mass is 294 g/mol. The van der Waals surface area contributed by atoms with Gasteiger partial charge in [-0.2, -0.15) is 0 Å². The first-order valence-electron chi connectivity index (χ1n) is 8.12. The van der Waals surface area contributed by atoms with Crippen LogP contribution in [0.3, 0.4) is 0 Å². The molecule has 3 nitrogen and oxygen atoms in total. The van der Waals surface area contributed by atoms with Crippen molar-refractivity contribution in [1.82, 2.24) is 0 Å². The highest BCUT2D eigenvalue weighted by Gasteiger charge is 2.24. The first-order valence-corrected chi connectivity index (χ1v) is 8.12. The van der Waals surface area contributed by atoms with Crippen LogP contribution in [0.1, 0.15) is 30.0 Å². The first-order chi connectivity index (χ1) is 10.8. The number of rotatable bonds is 3. The van der Waals surface area contributed by atoms with Crippen LogP contribution in [0, 0.1) is 0 Å². The quantitative estimate of drug-likeness (QED) is 0.926. The lowest BCUT2D eigenvalue weighted by atomic mass is 9.98. The third kappa shape index (κ3) is 2.31. The van der Waals surface area contributed by atoms with Gasteiger partial charge in [-0.25, -0.2) is 0 Å². The minimum Gasteiger partial charge on any atom is -0.495 e.